The second kappa shape index (κ2) is 9.57. The molecule has 0 saturated carbocycles. The summed E-state index contributed by atoms with van der Waals surface area (Å²) in [6, 6.07) is 13.8. The third kappa shape index (κ3) is 4.63. The molecule has 1 fully saturated rings. The summed E-state index contributed by atoms with van der Waals surface area (Å²) in [4.78, 5) is 29.7. The van der Waals surface area contributed by atoms with Crippen LogP contribution in [-0.4, -0.2) is 45.6 Å². The number of hydrogen-bond acceptors (Lipinski definition) is 3. The first kappa shape index (κ1) is 23.3. The van der Waals surface area contributed by atoms with Gasteiger partial charge in [0.1, 0.15) is 0 Å². The Morgan fingerprint density at radius 2 is 1.76 bits per heavy atom. The molecule has 1 amide bonds. The molecule has 0 aliphatic carbocycles. The fraction of sp³-hybridized carbons (Fsp3) is 0.385. The number of hydrogen-bond donors (Lipinski definition) is 0. The van der Waals surface area contributed by atoms with E-state index in [1.54, 1.807) is 11.5 Å². The second-order valence-corrected chi connectivity index (χ2v) is 9.30. The molecule has 0 N–H and O–H groups in total. The van der Waals surface area contributed by atoms with E-state index in [1.807, 2.05) is 65.8 Å². The number of likely N-dealkylation sites (tertiary alicyclic amines) is 1. The summed E-state index contributed by atoms with van der Waals surface area (Å²) in [7, 11) is 0. The fourth-order valence-corrected chi connectivity index (χ4v) is 4.99. The number of carbonyl (C=O) groups excluding carboxylic acids is 1. The molecule has 1 aliphatic heterocycles. The van der Waals surface area contributed by atoms with Gasteiger partial charge in [0, 0.05) is 55.6 Å². The Hall–Kier alpha value is -2.83. The lowest BCUT2D eigenvalue weighted by Crippen LogP contribution is -2.47. The Labute approximate surface area is 199 Å². The predicted octanol–water partition coefficient (Wildman–Crippen LogP) is 4.77. The van der Waals surface area contributed by atoms with Gasteiger partial charge in [0.25, 0.3) is 0 Å². The van der Waals surface area contributed by atoms with Crippen LogP contribution in [0.25, 0.3) is 16.7 Å². The Morgan fingerprint density at radius 3 is 2.36 bits per heavy atom. The summed E-state index contributed by atoms with van der Waals surface area (Å²) in [5.74, 6) is 0.0347. The molecule has 0 atom stereocenters. The third-order valence-corrected chi connectivity index (χ3v) is 6.96. The van der Waals surface area contributed by atoms with Gasteiger partial charge in [-0.05, 0) is 56.5 Å². The van der Waals surface area contributed by atoms with Gasteiger partial charge < -0.3 is 9.80 Å². The van der Waals surface area contributed by atoms with Crippen LogP contribution >= 0.6 is 11.6 Å². The van der Waals surface area contributed by atoms with E-state index < -0.39 is 0 Å². The van der Waals surface area contributed by atoms with Crippen LogP contribution in [0.5, 0.6) is 0 Å². The van der Waals surface area contributed by atoms with E-state index in [-0.39, 0.29) is 17.6 Å². The molecule has 33 heavy (non-hydrogen) atoms. The number of para-hydroxylation sites is 2. The largest absolute Gasteiger partial charge is 0.333 e. The summed E-state index contributed by atoms with van der Waals surface area (Å²) < 4.78 is 3.52. The fourth-order valence-electron chi connectivity index (χ4n) is 4.82. The van der Waals surface area contributed by atoms with Gasteiger partial charge in [0.2, 0.25) is 5.91 Å². The monoisotopic (exact) mass is 466 g/mol. The molecular formula is C26H31ClN4O2. The molecule has 3 aromatic rings. The van der Waals surface area contributed by atoms with Crippen LogP contribution in [0, 0.1) is 6.92 Å². The molecule has 1 saturated heterocycles. The molecule has 7 heteroatoms. The van der Waals surface area contributed by atoms with Gasteiger partial charge in [-0.15, -0.1) is 0 Å². The number of amides is 1. The van der Waals surface area contributed by atoms with E-state index in [0.29, 0.717) is 11.6 Å². The number of halogens is 1. The van der Waals surface area contributed by atoms with Crippen molar-refractivity contribution in [2.24, 2.45) is 0 Å². The minimum absolute atomic E-state index is 0.0347. The van der Waals surface area contributed by atoms with Crippen molar-refractivity contribution in [3.05, 3.63) is 70.1 Å². The number of carbonyl (C=O) groups is 1. The average Bonchev–Trinajstić information content (AvgIpc) is 3.07. The molecule has 2 heterocycles. The summed E-state index contributed by atoms with van der Waals surface area (Å²) in [5, 5.41) is 0.676. The molecule has 0 bridgehead atoms. The summed E-state index contributed by atoms with van der Waals surface area (Å²) in [6.45, 7) is 12.6. The van der Waals surface area contributed by atoms with Crippen LogP contribution in [0.15, 0.2) is 53.8 Å². The molecule has 1 aliphatic rings. The van der Waals surface area contributed by atoms with Gasteiger partial charge in [-0.25, -0.2) is 4.79 Å². The van der Waals surface area contributed by atoms with E-state index in [1.165, 1.54) is 0 Å². The molecule has 6 nitrogen and oxygen atoms in total. The normalized spacial score (nSPS) is 15.2. The van der Waals surface area contributed by atoms with Crippen molar-refractivity contribution >= 4 is 39.9 Å². The van der Waals surface area contributed by atoms with Crippen molar-refractivity contribution < 1.29 is 4.79 Å². The Bertz CT molecular complexity index is 1250. The Morgan fingerprint density at radius 1 is 1.09 bits per heavy atom. The number of aromatic nitrogens is 2. The molecule has 0 radical (unpaired) electrons. The quantitative estimate of drug-likeness (QED) is 0.525. The number of nitrogens with zero attached hydrogens (tertiary/aromatic N) is 4. The first-order valence-corrected chi connectivity index (χ1v) is 11.8. The van der Waals surface area contributed by atoms with E-state index in [2.05, 4.69) is 11.5 Å². The SMILES string of the molecule is C=C(C)n1c(=O)n(CCN2CCC(N(C(C)=O)c3ccc(C)c(Cl)c3)CC2)c2ccccc21. The molecule has 1 aromatic heterocycles. The minimum Gasteiger partial charge on any atom is -0.309 e. The van der Waals surface area contributed by atoms with Crippen LogP contribution in [0.3, 0.4) is 0 Å². The zero-order chi connectivity index (χ0) is 23.7. The number of allylic oxidation sites excluding steroid dienone is 1. The van der Waals surface area contributed by atoms with Gasteiger partial charge in [0.15, 0.2) is 0 Å². The van der Waals surface area contributed by atoms with Crippen LogP contribution in [0.1, 0.15) is 32.3 Å². The van der Waals surface area contributed by atoms with Gasteiger partial charge in [0.05, 0.1) is 11.0 Å². The third-order valence-electron chi connectivity index (χ3n) is 6.55. The number of fused-ring (bicyclic) bond motifs is 1. The molecule has 0 spiro atoms. The maximum Gasteiger partial charge on any atom is 0.333 e. The topological polar surface area (TPSA) is 50.5 Å². The number of piperidine rings is 1. The van der Waals surface area contributed by atoms with Gasteiger partial charge in [-0.2, -0.15) is 0 Å². The van der Waals surface area contributed by atoms with Gasteiger partial charge in [-0.3, -0.25) is 13.9 Å². The number of imidazole rings is 1. The summed E-state index contributed by atoms with van der Waals surface area (Å²) >= 11 is 6.32. The van der Waals surface area contributed by atoms with Gasteiger partial charge >= 0.3 is 5.69 Å². The second-order valence-electron chi connectivity index (χ2n) is 8.89. The van der Waals surface area contributed by atoms with Crippen molar-refractivity contribution in [3.63, 3.8) is 0 Å². The van der Waals surface area contributed by atoms with Crippen molar-refractivity contribution in [3.8, 4) is 0 Å². The summed E-state index contributed by atoms with van der Waals surface area (Å²) in [5.41, 5.74) is 4.36. The maximum atomic E-state index is 13.0. The highest BCUT2D eigenvalue weighted by atomic mass is 35.5. The molecule has 0 unspecified atom stereocenters. The van der Waals surface area contributed by atoms with Crippen molar-refractivity contribution in [2.75, 3.05) is 24.5 Å². The maximum absolute atomic E-state index is 13.0. The zero-order valence-corrected chi connectivity index (χ0v) is 20.3. The average molecular weight is 467 g/mol. The smallest absolute Gasteiger partial charge is 0.309 e. The lowest BCUT2D eigenvalue weighted by atomic mass is 10.0. The van der Waals surface area contributed by atoms with Crippen LogP contribution in [0.2, 0.25) is 5.02 Å². The van der Waals surface area contributed by atoms with E-state index >= 15 is 0 Å². The van der Waals surface area contributed by atoms with Crippen molar-refractivity contribution in [2.45, 2.75) is 46.2 Å². The van der Waals surface area contributed by atoms with E-state index in [9.17, 15) is 9.59 Å². The molecule has 4 rings (SSSR count). The highest BCUT2D eigenvalue weighted by Gasteiger charge is 2.28. The Kier molecular flexibility index (Phi) is 6.77. The molecule has 2 aromatic carbocycles. The standard InChI is InChI=1S/C26H31ClN4O2/c1-18(2)30-25-8-6-5-7-24(25)29(26(30)33)16-15-28-13-11-21(12-14-28)31(20(4)32)22-10-9-19(3)23(27)17-22/h5-10,17,21H,1,11-16H2,2-4H3. The zero-order valence-electron chi connectivity index (χ0n) is 19.6. The number of rotatable bonds is 6. The first-order valence-electron chi connectivity index (χ1n) is 11.4. The summed E-state index contributed by atoms with van der Waals surface area (Å²) in [6.07, 6.45) is 1.76. The first-order chi connectivity index (χ1) is 15.8. The minimum atomic E-state index is -0.0439. The number of anilines is 1. The molecular weight excluding hydrogens is 436 g/mol. The van der Waals surface area contributed by atoms with E-state index in [4.69, 9.17) is 11.6 Å². The highest BCUT2D eigenvalue weighted by Crippen LogP contribution is 2.28. The van der Waals surface area contributed by atoms with Crippen LogP contribution in [-0.2, 0) is 11.3 Å². The van der Waals surface area contributed by atoms with Crippen molar-refractivity contribution in [1.82, 2.24) is 14.0 Å². The lowest BCUT2D eigenvalue weighted by Gasteiger charge is -2.38. The molecule has 174 valence electrons. The van der Waals surface area contributed by atoms with Gasteiger partial charge in [-0.1, -0.05) is 36.4 Å². The lowest BCUT2D eigenvalue weighted by molar-refractivity contribution is -0.117. The highest BCUT2D eigenvalue weighted by molar-refractivity contribution is 6.31. The predicted molar refractivity (Wildman–Crippen MR) is 136 cm³/mol. The Balaban J connectivity index is 1.44. The van der Waals surface area contributed by atoms with Crippen LogP contribution in [0.4, 0.5) is 5.69 Å². The van der Waals surface area contributed by atoms with Crippen molar-refractivity contribution in [1.29, 1.82) is 0 Å². The van der Waals surface area contributed by atoms with Crippen LogP contribution < -0.4 is 10.6 Å². The van der Waals surface area contributed by atoms with E-state index in [0.717, 1.165) is 60.5 Å². The number of aryl methyl sites for hydroxylation is 1. The number of benzene rings is 2.